The highest BCUT2D eigenvalue weighted by Crippen LogP contribution is 2.28. The second kappa shape index (κ2) is 7.05. The summed E-state index contributed by atoms with van der Waals surface area (Å²) in [5, 5.41) is 3.73. The second-order valence-electron chi connectivity index (χ2n) is 6.82. The third-order valence-corrected chi connectivity index (χ3v) is 5.15. The molecule has 3 heteroatoms. The second-order valence-corrected chi connectivity index (χ2v) is 6.82. The largest absolute Gasteiger partial charge is 0.381 e. The van der Waals surface area contributed by atoms with Gasteiger partial charge in [-0.2, -0.15) is 0 Å². The van der Waals surface area contributed by atoms with Crippen LogP contribution in [0.3, 0.4) is 0 Å². The Labute approximate surface area is 119 Å². The van der Waals surface area contributed by atoms with Crippen molar-refractivity contribution in [2.45, 2.75) is 77.1 Å². The minimum absolute atomic E-state index is 0.486. The van der Waals surface area contributed by atoms with Crippen molar-refractivity contribution in [3.8, 4) is 0 Å². The van der Waals surface area contributed by atoms with E-state index in [0.717, 1.165) is 12.0 Å². The molecular weight excluding hydrogens is 236 g/mol. The van der Waals surface area contributed by atoms with Crippen molar-refractivity contribution in [1.29, 1.82) is 0 Å². The molecule has 2 rings (SSSR count). The average molecular weight is 268 g/mol. The number of methoxy groups -OCH3 is 1. The van der Waals surface area contributed by atoms with Gasteiger partial charge in [0.2, 0.25) is 0 Å². The lowest BCUT2D eigenvalue weighted by Gasteiger charge is -2.41. The minimum Gasteiger partial charge on any atom is -0.381 e. The van der Waals surface area contributed by atoms with Gasteiger partial charge in [-0.25, -0.2) is 0 Å². The Hall–Kier alpha value is -0.120. The van der Waals surface area contributed by atoms with Crippen LogP contribution in [-0.2, 0) is 4.74 Å². The first-order chi connectivity index (χ1) is 9.11. The number of nitrogens with one attached hydrogen (secondary N) is 1. The molecule has 2 aliphatic rings. The van der Waals surface area contributed by atoms with Gasteiger partial charge in [0.05, 0.1) is 6.10 Å². The predicted molar refractivity (Wildman–Crippen MR) is 80.5 cm³/mol. The maximum atomic E-state index is 5.61. The molecule has 19 heavy (non-hydrogen) atoms. The van der Waals surface area contributed by atoms with Gasteiger partial charge in [-0.3, -0.25) is 4.90 Å². The molecule has 0 aromatic carbocycles. The zero-order valence-corrected chi connectivity index (χ0v) is 13.2. The fourth-order valence-electron chi connectivity index (χ4n) is 3.71. The Morgan fingerprint density at radius 1 is 1.21 bits per heavy atom. The van der Waals surface area contributed by atoms with Gasteiger partial charge in [0.1, 0.15) is 0 Å². The fraction of sp³-hybridized carbons (Fsp3) is 1.00. The molecule has 1 saturated carbocycles. The molecule has 112 valence electrons. The molecule has 1 N–H and O–H groups in total. The first kappa shape index (κ1) is 15.3. The van der Waals surface area contributed by atoms with Crippen molar-refractivity contribution in [2.75, 3.05) is 20.2 Å². The first-order valence-corrected chi connectivity index (χ1v) is 8.13. The highest BCUT2D eigenvalue weighted by atomic mass is 16.5. The van der Waals surface area contributed by atoms with Crippen molar-refractivity contribution in [2.24, 2.45) is 5.92 Å². The summed E-state index contributed by atoms with van der Waals surface area (Å²) in [6, 6.07) is 2.08. The van der Waals surface area contributed by atoms with Gasteiger partial charge in [0, 0.05) is 31.8 Å². The van der Waals surface area contributed by atoms with Crippen LogP contribution in [0.4, 0.5) is 0 Å². The monoisotopic (exact) mass is 268 g/mol. The number of hydrogen-bond acceptors (Lipinski definition) is 3. The van der Waals surface area contributed by atoms with Crippen LogP contribution in [0.5, 0.6) is 0 Å². The van der Waals surface area contributed by atoms with E-state index in [9.17, 15) is 0 Å². The van der Waals surface area contributed by atoms with Crippen molar-refractivity contribution in [1.82, 2.24) is 10.2 Å². The summed E-state index contributed by atoms with van der Waals surface area (Å²) in [5.74, 6) is 0.717. The molecule has 2 fully saturated rings. The number of ether oxygens (including phenoxy) is 1. The van der Waals surface area contributed by atoms with Gasteiger partial charge in [-0.1, -0.05) is 13.8 Å². The molecule has 0 aromatic heterocycles. The number of rotatable bonds is 3. The van der Waals surface area contributed by atoms with E-state index >= 15 is 0 Å². The predicted octanol–water partition coefficient (Wildman–Crippen LogP) is 2.65. The van der Waals surface area contributed by atoms with Gasteiger partial charge in [-0.05, 0) is 51.5 Å². The van der Waals surface area contributed by atoms with Gasteiger partial charge in [-0.15, -0.1) is 0 Å². The Morgan fingerprint density at radius 2 is 2.00 bits per heavy atom. The lowest BCUT2D eigenvalue weighted by Crippen LogP contribution is -2.49. The van der Waals surface area contributed by atoms with Crippen LogP contribution in [-0.4, -0.2) is 49.3 Å². The molecule has 0 bridgehead atoms. The van der Waals surface area contributed by atoms with Crippen LogP contribution < -0.4 is 5.32 Å². The maximum Gasteiger partial charge on any atom is 0.0586 e. The normalized spacial score (nSPS) is 38.4. The summed E-state index contributed by atoms with van der Waals surface area (Å²) in [5.41, 5.74) is 0. The lowest BCUT2D eigenvalue weighted by molar-refractivity contribution is 0.0146. The van der Waals surface area contributed by atoms with E-state index in [1.807, 2.05) is 7.11 Å². The smallest absolute Gasteiger partial charge is 0.0586 e. The summed E-state index contributed by atoms with van der Waals surface area (Å²) in [4.78, 5) is 2.77. The third-order valence-electron chi connectivity index (χ3n) is 5.15. The van der Waals surface area contributed by atoms with Gasteiger partial charge in [0.15, 0.2) is 0 Å². The Bertz CT molecular complexity index is 269. The average Bonchev–Trinajstić information content (AvgIpc) is 2.61. The number of nitrogens with zero attached hydrogens (tertiary/aromatic N) is 1. The summed E-state index contributed by atoms with van der Waals surface area (Å²) in [6.45, 7) is 9.46. The molecule has 0 aromatic rings. The van der Waals surface area contributed by atoms with E-state index in [0.29, 0.717) is 18.2 Å². The van der Waals surface area contributed by atoms with Crippen LogP contribution in [0.1, 0.15) is 52.9 Å². The summed E-state index contributed by atoms with van der Waals surface area (Å²) < 4.78 is 5.61. The zero-order chi connectivity index (χ0) is 13.8. The van der Waals surface area contributed by atoms with Crippen molar-refractivity contribution in [3.05, 3.63) is 0 Å². The molecule has 4 atom stereocenters. The molecular formula is C16H32N2O. The molecule has 0 spiro atoms. The molecule has 4 unspecified atom stereocenters. The van der Waals surface area contributed by atoms with E-state index < -0.39 is 0 Å². The molecule has 1 saturated heterocycles. The van der Waals surface area contributed by atoms with Crippen LogP contribution >= 0.6 is 0 Å². The topological polar surface area (TPSA) is 24.5 Å². The van der Waals surface area contributed by atoms with E-state index in [1.165, 1.54) is 45.2 Å². The van der Waals surface area contributed by atoms with Crippen molar-refractivity contribution in [3.63, 3.8) is 0 Å². The summed E-state index contributed by atoms with van der Waals surface area (Å²) in [7, 11) is 1.87. The molecule has 0 amide bonds. The molecule has 3 nitrogen and oxygen atoms in total. The lowest BCUT2D eigenvalue weighted by atomic mass is 9.90. The molecule has 1 aliphatic heterocycles. The van der Waals surface area contributed by atoms with Crippen LogP contribution in [0.2, 0.25) is 0 Å². The van der Waals surface area contributed by atoms with Crippen molar-refractivity contribution >= 4 is 0 Å². The molecule has 1 heterocycles. The van der Waals surface area contributed by atoms with E-state index in [4.69, 9.17) is 4.74 Å². The van der Waals surface area contributed by atoms with Gasteiger partial charge < -0.3 is 10.1 Å². The highest BCUT2D eigenvalue weighted by Gasteiger charge is 2.32. The van der Waals surface area contributed by atoms with Crippen molar-refractivity contribution < 1.29 is 4.74 Å². The van der Waals surface area contributed by atoms with E-state index in [2.05, 4.69) is 31.0 Å². The van der Waals surface area contributed by atoms with E-state index in [-0.39, 0.29) is 0 Å². The number of hydrogen-bond donors (Lipinski definition) is 1. The first-order valence-electron chi connectivity index (χ1n) is 8.13. The van der Waals surface area contributed by atoms with E-state index in [1.54, 1.807) is 0 Å². The fourth-order valence-corrected chi connectivity index (χ4v) is 3.71. The summed E-state index contributed by atoms with van der Waals surface area (Å²) >= 11 is 0. The SMILES string of the molecule is COC1CCCC(N2CC(C(C)C)NCCC2C)C1. The highest BCUT2D eigenvalue weighted by molar-refractivity contribution is 4.89. The van der Waals surface area contributed by atoms with Gasteiger partial charge >= 0.3 is 0 Å². The quantitative estimate of drug-likeness (QED) is 0.851. The molecule has 0 radical (unpaired) electrons. The summed E-state index contributed by atoms with van der Waals surface area (Å²) in [6.07, 6.45) is 6.92. The standard InChI is InChI=1S/C16H32N2O/c1-12(2)16-11-18(13(3)8-9-17-16)14-6-5-7-15(10-14)19-4/h12-17H,5-11H2,1-4H3. The van der Waals surface area contributed by atoms with Crippen LogP contribution in [0, 0.1) is 5.92 Å². The van der Waals surface area contributed by atoms with Crippen LogP contribution in [0.25, 0.3) is 0 Å². The maximum absolute atomic E-state index is 5.61. The Kier molecular flexibility index (Phi) is 5.67. The van der Waals surface area contributed by atoms with Gasteiger partial charge in [0.25, 0.3) is 0 Å². The minimum atomic E-state index is 0.486. The zero-order valence-electron chi connectivity index (χ0n) is 13.2. The van der Waals surface area contributed by atoms with Crippen LogP contribution in [0.15, 0.2) is 0 Å². The Balaban J connectivity index is 2.01. The third kappa shape index (κ3) is 3.93. The Morgan fingerprint density at radius 3 is 2.68 bits per heavy atom. The molecule has 1 aliphatic carbocycles.